The highest BCUT2D eigenvalue weighted by Gasteiger charge is 2.32. The van der Waals surface area contributed by atoms with E-state index in [0.29, 0.717) is 29.7 Å². The molecule has 0 N–H and O–H groups in total. The largest absolute Gasteiger partial charge is 0.462 e. The standard InChI is InChI=1S/C17H16N4O2/c1-2-23-16(22)13-10-19-17(20-11-13)21(15-7-8-15)14-5-3-12(9-18)4-6-14/h3-6,10-11,15H,2,7-8H2,1H3. The van der Waals surface area contributed by atoms with E-state index in [4.69, 9.17) is 10.00 Å². The highest BCUT2D eigenvalue weighted by Crippen LogP contribution is 2.36. The van der Waals surface area contributed by atoms with Crippen molar-refractivity contribution in [3.63, 3.8) is 0 Å². The Morgan fingerprint density at radius 2 is 1.96 bits per heavy atom. The Hall–Kier alpha value is -2.94. The van der Waals surface area contributed by atoms with Gasteiger partial charge in [0.15, 0.2) is 0 Å². The number of carbonyl (C=O) groups excluding carboxylic acids is 1. The van der Waals surface area contributed by atoms with Gasteiger partial charge in [0.25, 0.3) is 0 Å². The predicted molar refractivity (Wildman–Crippen MR) is 84.3 cm³/mol. The van der Waals surface area contributed by atoms with E-state index < -0.39 is 5.97 Å². The lowest BCUT2D eigenvalue weighted by molar-refractivity contribution is 0.0525. The average molecular weight is 308 g/mol. The van der Waals surface area contributed by atoms with Crippen LogP contribution in [0.15, 0.2) is 36.7 Å². The van der Waals surface area contributed by atoms with Crippen molar-refractivity contribution >= 4 is 17.6 Å². The molecule has 1 saturated carbocycles. The number of hydrogen-bond acceptors (Lipinski definition) is 6. The number of aromatic nitrogens is 2. The van der Waals surface area contributed by atoms with Crippen LogP contribution in [0.5, 0.6) is 0 Å². The van der Waals surface area contributed by atoms with Gasteiger partial charge in [-0.3, -0.25) is 0 Å². The Kier molecular flexibility index (Phi) is 4.20. The maximum absolute atomic E-state index is 11.7. The smallest absolute Gasteiger partial charge is 0.341 e. The third-order valence-corrected chi connectivity index (χ3v) is 3.55. The normalized spacial score (nSPS) is 13.2. The highest BCUT2D eigenvalue weighted by atomic mass is 16.5. The van der Waals surface area contributed by atoms with E-state index in [1.807, 2.05) is 17.0 Å². The molecular formula is C17H16N4O2. The van der Waals surface area contributed by atoms with Gasteiger partial charge >= 0.3 is 5.97 Å². The van der Waals surface area contributed by atoms with Crippen LogP contribution in [0.1, 0.15) is 35.7 Å². The lowest BCUT2D eigenvalue weighted by atomic mass is 10.2. The third kappa shape index (κ3) is 3.29. The van der Waals surface area contributed by atoms with Gasteiger partial charge in [0, 0.05) is 24.1 Å². The van der Waals surface area contributed by atoms with Crippen LogP contribution in [-0.2, 0) is 4.74 Å². The summed E-state index contributed by atoms with van der Waals surface area (Å²) in [5, 5.41) is 8.90. The molecule has 23 heavy (non-hydrogen) atoms. The summed E-state index contributed by atoms with van der Waals surface area (Å²) in [7, 11) is 0. The number of nitrogens with zero attached hydrogens (tertiary/aromatic N) is 4. The summed E-state index contributed by atoms with van der Waals surface area (Å²) in [6.07, 6.45) is 5.12. The summed E-state index contributed by atoms with van der Waals surface area (Å²) in [4.78, 5) is 22.3. The number of esters is 1. The first-order chi connectivity index (χ1) is 11.2. The third-order valence-electron chi connectivity index (χ3n) is 3.55. The van der Waals surface area contributed by atoms with Crippen molar-refractivity contribution in [2.24, 2.45) is 0 Å². The maximum Gasteiger partial charge on any atom is 0.341 e. The minimum atomic E-state index is -0.421. The number of anilines is 2. The van der Waals surface area contributed by atoms with Crippen LogP contribution >= 0.6 is 0 Å². The molecule has 0 radical (unpaired) electrons. The van der Waals surface area contributed by atoms with E-state index in [2.05, 4.69) is 16.0 Å². The quantitative estimate of drug-likeness (QED) is 0.790. The van der Waals surface area contributed by atoms with Gasteiger partial charge in [-0.15, -0.1) is 0 Å². The molecule has 1 heterocycles. The molecule has 1 fully saturated rings. The van der Waals surface area contributed by atoms with Gasteiger partial charge in [0.05, 0.1) is 23.8 Å². The molecule has 0 bridgehead atoms. The summed E-state index contributed by atoms with van der Waals surface area (Å²) >= 11 is 0. The lowest BCUT2D eigenvalue weighted by Gasteiger charge is -2.22. The van der Waals surface area contributed by atoms with Crippen molar-refractivity contribution in [1.82, 2.24) is 9.97 Å². The van der Waals surface area contributed by atoms with E-state index in [1.165, 1.54) is 12.4 Å². The van der Waals surface area contributed by atoms with E-state index in [-0.39, 0.29) is 0 Å². The summed E-state index contributed by atoms with van der Waals surface area (Å²) in [5.74, 6) is 0.126. The van der Waals surface area contributed by atoms with Gasteiger partial charge in [0.2, 0.25) is 5.95 Å². The number of ether oxygens (including phenoxy) is 1. The molecule has 0 aliphatic heterocycles. The van der Waals surface area contributed by atoms with Gasteiger partial charge in [-0.2, -0.15) is 5.26 Å². The molecule has 0 unspecified atom stereocenters. The zero-order valence-electron chi connectivity index (χ0n) is 12.8. The van der Waals surface area contributed by atoms with E-state index in [9.17, 15) is 4.79 Å². The molecule has 0 spiro atoms. The first kappa shape index (κ1) is 15.0. The SMILES string of the molecule is CCOC(=O)c1cnc(N(c2ccc(C#N)cc2)C2CC2)nc1. The molecular weight excluding hydrogens is 292 g/mol. The Morgan fingerprint density at radius 3 is 2.48 bits per heavy atom. The molecule has 0 amide bonds. The van der Waals surface area contributed by atoms with Crippen molar-refractivity contribution in [3.05, 3.63) is 47.8 Å². The Bertz CT molecular complexity index is 731. The van der Waals surface area contributed by atoms with E-state index >= 15 is 0 Å². The second-order valence-electron chi connectivity index (χ2n) is 5.25. The van der Waals surface area contributed by atoms with Crippen LogP contribution in [0.25, 0.3) is 0 Å². The molecule has 116 valence electrons. The topological polar surface area (TPSA) is 79.1 Å². The van der Waals surface area contributed by atoms with Crippen molar-refractivity contribution in [2.75, 3.05) is 11.5 Å². The zero-order chi connectivity index (χ0) is 16.2. The molecule has 3 rings (SSSR count). The molecule has 1 aromatic heterocycles. The number of hydrogen-bond donors (Lipinski definition) is 0. The van der Waals surface area contributed by atoms with E-state index in [1.54, 1.807) is 19.1 Å². The molecule has 6 nitrogen and oxygen atoms in total. The molecule has 1 aliphatic carbocycles. The minimum absolute atomic E-state index is 0.319. The first-order valence-corrected chi connectivity index (χ1v) is 7.51. The Labute approximate surface area is 134 Å². The Morgan fingerprint density at radius 1 is 1.30 bits per heavy atom. The second kappa shape index (κ2) is 6.44. The van der Waals surface area contributed by atoms with Crippen LogP contribution in [0.2, 0.25) is 0 Å². The number of rotatable bonds is 5. The molecule has 1 aliphatic rings. The van der Waals surface area contributed by atoms with Crippen molar-refractivity contribution in [2.45, 2.75) is 25.8 Å². The monoisotopic (exact) mass is 308 g/mol. The van der Waals surface area contributed by atoms with Gasteiger partial charge in [-0.05, 0) is 44.0 Å². The molecule has 6 heteroatoms. The van der Waals surface area contributed by atoms with Crippen LogP contribution in [0, 0.1) is 11.3 Å². The minimum Gasteiger partial charge on any atom is -0.462 e. The van der Waals surface area contributed by atoms with Crippen molar-refractivity contribution < 1.29 is 9.53 Å². The predicted octanol–water partition coefficient (Wildman–Crippen LogP) is 2.83. The lowest BCUT2D eigenvalue weighted by Crippen LogP contribution is -2.22. The first-order valence-electron chi connectivity index (χ1n) is 7.51. The average Bonchev–Trinajstić information content (AvgIpc) is 3.41. The zero-order valence-corrected chi connectivity index (χ0v) is 12.8. The summed E-state index contributed by atoms with van der Waals surface area (Å²) in [5.41, 5.74) is 1.89. The van der Waals surface area contributed by atoms with Gasteiger partial charge in [0.1, 0.15) is 0 Å². The van der Waals surface area contributed by atoms with Crippen LogP contribution in [0.3, 0.4) is 0 Å². The maximum atomic E-state index is 11.7. The van der Waals surface area contributed by atoms with Gasteiger partial charge in [-0.1, -0.05) is 0 Å². The van der Waals surface area contributed by atoms with Gasteiger partial charge in [-0.25, -0.2) is 14.8 Å². The fraction of sp³-hybridized carbons (Fsp3) is 0.294. The summed E-state index contributed by atoms with van der Waals surface area (Å²) in [6, 6.07) is 9.79. The molecule has 0 atom stereocenters. The number of nitriles is 1. The van der Waals surface area contributed by atoms with Crippen molar-refractivity contribution in [3.8, 4) is 6.07 Å². The van der Waals surface area contributed by atoms with Crippen molar-refractivity contribution in [1.29, 1.82) is 5.26 Å². The fourth-order valence-electron chi connectivity index (χ4n) is 2.28. The second-order valence-corrected chi connectivity index (χ2v) is 5.25. The fourth-order valence-corrected chi connectivity index (χ4v) is 2.28. The number of carbonyl (C=O) groups is 1. The molecule has 2 aromatic rings. The Balaban J connectivity index is 1.86. The molecule has 0 saturated heterocycles. The highest BCUT2D eigenvalue weighted by molar-refractivity contribution is 5.88. The van der Waals surface area contributed by atoms with Crippen LogP contribution < -0.4 is 4.90 Å². The van der Waals surface area contributed by atoms with E-state index in [0.717, 1.165) is 18.5 Å². The molecule has 1 aromatic carbocycles. The van der Waals surface area contributed by atoms with Crippen LogP contribution in [0.4, 0.5) is 11.6 Å². The number of benzene rings is 1. The summed E-state index contributed by atoms with van der Waals surface area (Å²) < 4.78 is 4.94. The van der Waals surface area contributed by atoms with Gasteiger partial charge < -0.3 is 9.64 Å². The van der Waals surface area contributed by atoms with Crippen LogP contribution in [-0.4, -0.2) is 28.6 Å². The summed E-state index contributed by atoms with van der Waals surface area (Å²) in [6.45, 7) is 2.08.